The van der Waals surface area contributed by atoms with Crippen molar-refractivity contribution in [1.82, 2.24) is 10.2 Å². The van der Waals surface area contributed by atoms with E-state index in [1.54, 1.807) is 0 Å². The van der Waals surface area contributed by atoms with E-state index in [9.17, 15) is 0 Å². The molecule has 0 saturated carbocycles. The molecule has 1 heterocycles. The molecule has 1 aliphatic rings. The minimum Gasteiger partial charge on any atom is -0.377 e. The average molecular weight is 283 g/mol. The van der Waals surface area contributed by atoms with Gasteiger partial charge in [-0.15, -0.1) is 0 Å². The number of likely N-dealkylation sites (N-methyl/N-ethyl adjacent to an activating group) is 1. The SMILES string of the molecule is CN(CCNCC1CCCO1)Cc1ccccc1Cl. The minimum absolute atomic E-state index is 0.425. The highest BCUT2D eigenvalue weighted by atomic mass is 35.5. The van der Waals surface area contributed by atoms with Gasteiger partial charge in [0.15, 0.2) is 0 Å². The Kier molecular flexibility index (Phi) is 6.11. The molecule has 0 spiro atoms. The molecule has 1 unspecified atom stereocenters. The molecule has 3 nitrogen and oxygen atoms in total. The first kappa shape index (κ1) is 14.8. The summed E-state index contributed by atoms with van der Waals surface area (Å²) in [5, 5.41) is 4.31. The molecule has 1 aromatic rings. The topological polar surface area (TPSA) is 24.5 Å². The average Bonchev–Trinajstić information content (AvgIpc) is 2.91. The zero-order chi connectivity index (χ0) is 13.5. The summed E-state index contributed by atoms with van der Waals surface area (Å²) in [4.78, 5) is 2.28. The number of benzene rings is 1. The molecular weight excluding hydrogens is 260 g/mol. The first-order valence-corrected chi connectivity index (χ1v) is 7.38. The van der Waals surface area contributed by atoms with E-state index in [4.69, 9.17) is 16.3 Å². The number of nitrogens with zero attached hydrogens (tertiary/aromatic N) is 1. The Morgan fingerprint density at radius 1 is 1.42 bits per heavy atom. The van der Waals surface area contributed by atoms with E-state index in [2.05, 4.69) is 23.3 Å². The molecule has 0 aromatic heterocycles. The normalized spacial score (nSPS) is 19.2. The van der Waals surface area contributed by atoms with Crippen molar-refractivity contribution < 1.29 is 4.74 Å². The third-order valence-corrected chi connectivity index (χ3v) is 3.83. The standard InChI is InChI=1S/C15H23ClN2O/c1-18(12-13-5-2-3-7-15(13)16)9-8-17-11-14-6-4-10-19-14/h2-3,5,7,14,17H,4,6,8-12H2,1H3. The van der Waals surface area contributed by atoms with Crippen molar-refractivity contribution in [3.05, 3.63) is 34.9 Å². The molecule has 1 saturated heterocycles. The van der Waals surface area contributed by atoms with Gasteiger partial charge in [0.25, 0.3) is 0 Å². The summed E-state index contributed by atoms with van der Waals surface area (Å²) in [7, 11) is 2.12. The molecule has 19 heavy (non-hydrogen) atoms. The monoisotopic (exact) mass is 282 g/mol. The number of ether oxygens (including phenoxy) is 1. The lowest BCUT2D eigenvalue weighted by molar-refractivity contribution is 0.109. The van der Waals surface area contributed by atoms with Gasteiger partial charge in [0, 0.05) is 37.8 Å². The van der Waals surface area contributed by atoms with Crippen LogP contribution in [-0.2, 0) is 11.3 Å². The molecule has 0 radical (unpaired) electrons. The molecule has 106 valence electrons. The fourth-order valence-corrected chi connectivity index (χ4v) is 2.53. The quantitative estimate of drug-likeness (QED) is 0.778. The van der Waals surface area contributed by atoms with Gasteiger partial charge in [0.1, 0.15) is 0 Å². The molecule has 1 aromatic carbocycles. The Balaban J connectivity index is 1.61. The largest absolute Gasteiger partial charge is 0.377 e. The summed E-state index contributed by atoms with van der Waals surface area (Å²) in [5.41, 5.74) is 1.19. The molecule has 0 amide bonds. The summed E-state index contributed by atoms with van der Waals surface area (Å²) in [6.45, 7) is 4.79. The van der Waals surface area contributed by atoms with E-state index >= 15 is 0 Å². The Morgan fingerprint density at radius 2 is 2.26 bits per heavy atom. The van der Waals surface area contributed by atoms with Crippen LogP contribution in [0.5, 0.6) is 0 Å². The van der Waals surface area contributed by atoms with E-state index in [1.807, 2.05) is 18.2 Å². The molecule has 1 fully saturated rings. The van der Waals surface area contributed by atoms with Crippen molar-refractivity contribution in [3.63, 3.8) is 0 Å². The maximum absolute atomic E-state index is 6.16. The summed E-state index contributed by atoms with van der Waals surface area (Å²) in [6.07, 6.45) is 2.83. The molecule has 4 heteroatoms. The number of nitrogens with one attached hydrogen (secondary N) is 1. The van der Waals surface area contributed by atoms with E-state index in [-0.39, 0.29) is 0 Å². The van der Waals surface area contributed by atoms with Gasteiger partial charge in [-0.1, -0.05) is 29.8 Å². The highest BCUT2D eigenvalue weighted by molar-refractivity contribution is 6.31. The first-order valence-electron chi connectivity index (χ1n) is 7.00. The van der Waals surface area contributed by atoms with E-state index in [0.717, 1.165) is 37.8 Å². The third kappa shape index (κ3) is 5.11. The Morgan fingerprint density at radius 3 is 3.00 bits per heavy atom. The van der Waals surface area contributed by atoms with Gasteiger partial charge in [-0.2, -0.15) is 0 Å². The van der Waals surface area contributed by atoms with Gasteiger partial charge >= 0.3 is 0 Å². The van der Waals surface area contributed by atoms with Crippen LogP contribution >= 0.6 is 11.6 Å². The van der Waals surface area contributed by atoms with Crippen LogP contribution in [0.2, 0.25) is 5.02 Å². The van der Waals surface area contributed by atoms with E-state index < -0.39 is 0 Å². The zero-order valence-electron chi connectivity index (χ0n) is 11.6. The Labute approximate surface area is 120 Å². The third-order valence-electron chi connectivity index (χ3n) is 3.46. The molecular formula is C15H23ClN2O. The second-order valence-corrected chi connectivity index (χ2v) is 5.58. The second-order valence-electron chi connectivity index (χ2n) is 5.17. The van der Waals surface area contributed by atoms with Gasteiger partial charge in [-0.25, -0.2) is 0 Å². The van der Waals surface area contributed by atoms with Gasteiger partial charge in [-0.05, 0) is 31.5 Å². The highest BCUT2D eigenvalue weighted by Crippen LogP contribution is 2.16. The van der Waals surface area contributed by atoms with Gasteiger partial charge in [0.05, 0.1) is 6.10 Å². The predicted octanol–water partition coefficient (Wildman–Crippen LogP) is 2.54. The molecule has 0 bridgehead atoms. The van der Waals surface area contributed by atoms with Crippen LogP contribution in [0.15, 0.2) is 24.3 Å². The maximum atomic E-state index is 6.16. The smallest absolute Gasteiger partial charge is 0.0700 e. The van der Waals surface area contributed by atoms with Crippen LogP contribution in [0.3, 0.4) is 0 Å². The van der Waals surface area contributed by atoms with Crippen LogP contribution in [0.4, 0.5) is 0 Å². The van der Waals surface area contributed by atoms with Crippen molar-refractivity contribution in [3.8, 4) is 0 Å². The molecule has 0 aliphatic carbocycles. The van der Waals surface area contributed by atoms with Crippen molar-refractivity contribution in [2.45, 2.75) is 25.5 Å². The first-order chi connectivity index (χ1) is 9.25. The Hall–Kier alpha value is -0.610. The van der Waals surface area contributed by atoms with Crippen molar-refractivity contribution in [2.75, 3.05) is 33.3 Å². The van der Waals surface area contributed by atoms with Crippen molar-refractivity contribution in [2.24, 2.45) is 0 Å². The molecule has 1 N–H and O–H groups in total. The van der Waals surface area contributed by atoms with Crippen molar-refractivity contribution in [1.29, 1.82) is 0 Å². The number of hydrogen-bond acceptors (Lipinski definition) is 3. The van der Waals surface area contributed by atoms with Crippen molar-refractivity contribution >= 4 is 11.6 Å². The van der Waals surface area contributed by atoms with Crippen LogP contribution in [0.25, 0.3) is 0 Å². The number of hydrogen-bond donors (Lipinski definition) is 1. The zero-order valence-corrected chi connectivity index (χ0v) is 12.3. The summed E-state index contributed by atoms with van der Waals surface area (Å²) >= 11 is 6.16. The lowest BCUT2D eigenvalue weighted by Crippen LogP contribution is -2.33. The van der Waals surface area contributed by atoms with Gasteiger partial charge < -0.3 is 15.0 Å². The summed E-state index contributed by atoms with van der Waals surface area (Å²) in [6, 6.07) is 8.03. The molecule has 1 aliphatic heterocycles. The fourth-order valence-electron chi connectivity index (χ4n) is 2.33. The maximum Gasteiger partial charge on any atom is 0.0700 e. The lowest BCUT2D eigenvalue weighted by atomic mass is 10.2. The summed E-state index contributed by atoms with van der Waals surface area (Å²) in [5.74, 6) is 0. The number of rotatable bonds is 7. The fraction of sp³-hybridized carbons (Fsp3) is 0.600. The second kappa shape index (κ2) is 7.85. The van der Waals surface area contributed by atoms with E-state index in [1.165, 1.54) is 18.4 Å². The molecule has 1 atom stereocenters. The number of halogens is 1. The lowest BCUT2D eigenvalue weighted by Gasteiger charge is -2.18. The molecule has 2 rings (SSSR count). The van der Waals surface area contributed by atoms with Crippen LogP contribution in [0, 0.1) is 0 Å². The summed E-state index contributed by atoms with van der Waals surface area (Å²) < 4.78 is 5.58. The van der Waals surface area contributed by atoms with Crippen LogP contribution in [0.1, 0.15) is 18.4 Å². The van der Waals surface area contributed by atoms with Gasteiger partial charge in [0.2, 0.25) is 0 Å². The van der Waals surface area contributed by atoms with Crippen LogP contribution < -0.4 is 5.32 Å². The minimum atomic E-state index is 0.425. The predicted molar refractivity (Wildman–Crippen MR) is 79.6 cm³/mol. The Bertz CT molecular complexity index is 380. The van der Waals surface area contributed by atoms with E-state index in [0.29, 0.717) is 6.10 Å². The highest BCUT2D eigenvalue weighted by Gasteiger charge is 2.14. The van der Waals surface area contributed by atoms with Crippen LogP contribution in [-0.4, -0.2) is 44.3 Å². The van der Waals surface area contributed by atoms with Gasteiger partial charge in [-0.3, -0.25) is 0 Å².